The molecule has 0 nitrogen and oxygen atoms in total. The van der Waals surface area contributed by atoms with E-state index in [1.807, 2.05) is 11.8 Å². The molecule has 2 aromatic rings. The Morgan fingerprint density at radius 1 is 0.929 bits per heavy atom. The lowest BCUT2D eigenvalue weighted by atomic mass is 10.0. The molecular formula is C13H10S. The van der Waals surface area contributed by atoms with E-state index in [1.54, 1.807) is 0 Å². The van der Waals surface area contributed by atoms with E-state index >= 15 is 0 Å². The van der Waals surface area contributed by atoms with Crippen molar-refractivity contribution in [1.29, 1.82) is 0 Å². The van der Waals surface area contributed by atoms with Gasteiger partial charge in [-0.2, -0.15) is 0 Å². The second-order valence-electron chi connectivity index (χ2n) is 3.52. The monoisotopic (exact) mass is 198 g/mol. The van der Waals surface area contributed by atoms with Crippen molar-refractivity contribution < 1.29 is 0 Å². The van der Waals surface area contributed by atoms with Crippen molar-refractivity contribution in [2.75, 3.05) is 5.75 Å². The van der Waals surface area contributed by atoms with Crippen molar-refractivity contribution in [3.63, 3.8) is 0 Å². The van der Waals surface area contributed by atoms with E-state index in [1.165, 1.54) is 27.7 Å². The molecule has 0 saturated carbocycles. The van der Waals surface area contributed by atoms with E-state index < -0.39 is 0 Å². The number of hydrogen-bond donors (Lipinski definition) is 0. The first kappa shape index (κ1) is 8.13. The number of thioether (sulfide) groups is 1. The minimum absolute atomic E-state index is 1.17. The van der Waals surface area contributed by atoms with Crippen LogP contribution in [0.4, 0.5) is 0 Å². The summed E-state index contributed by atoms with van der Waals surface area (Å²) < 4.78 is 0. The Labute approximate surface area is 87.6 Å². The number of hydrogen-bond acceptors (Lipinski definition) is 1. The van der Waals surface area contributed by atoms with Crippen molar-refractivity contribution in [1.82, 2.24) is 0 Å². The van der Waals surface area contributed by atoms with Gasteiger partial charge in [-0.25, -0.2) is 0 Å². The highest BCUT2D eigenvalue weighted by Gasteiger charge is 2.08. The minimum atomic E-state index is 1.17. The third kappa shape index (κ3) is 1.25. The molecule has 1 heteroatoms. The van der Waals surface area contributed by atoms with Crippen LogP contribution in [0.2, 0.25) is 0 Å². The topological polar surface area (TPSA) is 0 Å². The predicted octanol–water partition coefficient (Wildman–Crippen LogP) is 3.93. The van der Waals surface area contributed by atoms with Gasteiger partial charge in [-0.15, -0.1) is 11.8 Å². The van der Waals surface area contributed by atoms with Gasteiger partial charge in [0.1, 0.15) is 0 Å². The maximum Gasteiger partial charge on any atom is 0.0237 e. The summed E-state index contributed by atoms with van der Waals surface area (Å²) in [5, 5.41) is 4.90. The average molecular weight is 198 g/mol. The molecule has 0 aliphatic carbocycles. The second-order valence-corrected chi connectivity index (χ2v) is 4.37. The van der Waals surface area contributed by atoms with Gasteiger partial charge >= 0.3 is 0 Å². The van der Waals surface area contributed by atoms with Crippen molar-refractivity contribution in [2.24, 2.45) is 0 Å². The highest BCUT2D eigenvalue weighted by Crippen LogP contribution is 2.32. The van der Waals surface area contributed by atoms with Crippen molar-refractivity contribution >= 4 is 28.1 Å². The molecule has 68 valence electrons. The van der Waals surface area contributed by atoms with Crippen LogP contribution in [0.25, 0.3) is 16.3 Å². The fourth-order valence-electron chi connectivity index (χ4n) is 1.71. The van der Waals surface area contributed by atoms with Gasteiger partial charge in [0.25, 0.3) is 0 Å². The summed E-state index contributed by atoms with van der Waals surface area (Å²) in [5.41, 5.74) is 2.85. The van der Waals surface area contributed by atoms with E-state index in [-0.39, 0.29) is 0 Å². The molecule has 0 radical (unpaired) electrons. The second kappa shape index (κ2) is 3.18. The van der Waals surface area contributed by atoms with Crippen LogP contribution in [0.5, 0.6) is 0 Å². The largest absolute Gasteiger partial charge is 0.129 e. The fraction of sp³-hybridized carbons (Fsp3) is 0.0769. The van der Waals surface area contributed by atoms with Crippen LogP contribution in [0.1, 0.15) is 5.56 Å². The average Bonchev–Trinajstić information content (AvgIpc) is 2.15. The molecule has 0 bridgehead atoms. The highest BCUT2D eigenvalue weighted by molar-refractivity contribution is 8.04. The Hall–Kier alpha value is -1.21. The Morgan fingerprint density at radius 2 is 1.71 bits per heavy atom. The molecule has 1 aliphatic heterocycles. The van der Waals surface area contributed by atoms with E-state index in [2.05, 4.69) is 47.9 Å². The lowest BCUT2D eigenvalue weighted by Gasteiger charge is -2.14. The molecule has 2 aromatic carbocycles. The molecule has 0 fully saturated rings. The summed E-state index contributed by atoms with van der Waals surface area (Å²) in [4.78, 5) is 0. The van der Waals surface area contributed by atoms with Gasteiger partial charge in [-0.1, -0.05) is 36.4 Å². The van der Waals surface area contributed by atoms with Crippen molar-refractivity contribution in [2.45, 2.75) is 0 Å². The first-order chi connectivity index (χ1) is 6.93. The summed E-state index contributed by atoms with van der Waals surface area (Å²) in [5.74, 6) is 1.17. The molecule has 0 unspecified atom stereocenters. The summed E-state index contributed by atoms with van der Waals surface area (Å²) >= 11 is 1.88. The summed E-state index contributed by atoms with van der Waals surface area (Å²) in [6.07, 6.45) is 0. The number of rotatable bonds is 1. The normalized spacial score (nSPS) is 15.0. The maximum absolute atomic E-state index is 2.28. The predicted molar refractivity (Wildman–Crippen MR) is 64.4 cm³/mol. The van der Waals surface area contributed by atoms with Gasteiger partial charge in [0.2, 0.25) is 0 Å². The Morgan fingerprint density at radius 3 is 2.43 bits per heavy atom. The van der Waals surface area contributed by atoms with Gasteiger partial charge < -0.3 is 0 Å². The SMILES string of the molecule is C1=C(c2ccc3ccccc3c2)CS1. The van der Waals surface area contributed by atoms with E-state index in [0.29, 0.717) is 0 Å². The maximum atomic E-state index is 2.28. The quantitative estimate of drug-likeness (QED) is 0.669. The van der Waals surface area contributed by atoms with E-state index in [9.17, 15) is 0 Å². The van der Waals surface area contributed by atoms with Crippen LogP contribution in [-0.4, -0.2) is 5.75 Å². The molecule has 1 aliphatic rings. The van der Waals surface area contributed by atoms with E-state index in [4.69, 9.17) is 0 Å². The Balaban J connectivity index is 2.20. The Kier molecular flexibility index (Phi) is 1.84. The summed E-state index contributed by atoms with van der Waals surface area (Å²) in [6, 6.07) is 15.2. The standard InChI is InChI=1S/C13H10S/c1-2-4-11-7-12(13-8-14-9-13)6-5-10(11)3-1/h1-8H,9H2. The van der Waals surface area contributed by atoms with Gasteiger partial charge in [-0.3, -0.25) is 0 Å². The molecule has 0 saturated heterocycles. The van der Waals surface area contributed by atoms with Gasteiger partial charge in [0.05, 0.1) is 0 Å². The van der Waals surface area contributed by atoms with Crippen LogP contribution >= 0.6 is 11.8 Å². The van der Waals surface area contributed by atoms with Gasteiger partial charge in [0.15, 0.2) is 0 Å². The molecule has 0 spiro atoms. The molecule has 0 atom stereocenters. The van der Waals surface area contributed by atoms with Crippen LogP contribution in [0.15, 0.2) is 47.9 Å². The summed E-state index contributed by atoms with van der Waals surface area (Å²) in [6.45, 7) is 0. The Bertz CT molecular complexity index is 511. The first-order valence-electron chi connectivity index (χ1n) is 4.73. The molecule has 14 heavy (non-hydrogen) atoms. The molecule has 3 rings (SSSR count). The molecule has 1 heterocycles. The van der Waals surface area contributed by atoms with Crippen molar-refractivity contribution in [3.05, 3.63) is 53.4 Å². The zero-order valence-corrected chi connectivity index (χ0v) is 8.55. The van der Waals surface area contributed by atoms with Crippen LogP contribution < -0.4 is 0 Å². The fourth-order valence-corrected chi connectivity index (χ4v) is 2.34. The third-order valence-electron chi connectivity index (χ3n) is 2.58. The van der Waals surface area contributed by atoms with Gasteiger partial charge in [0, 0.05) is 5.75 Å². The van der Waals surface area contributed by atoms with Crippen LogP contribution in [0, 0.1) is 0 Å². The molecule has 0 N–H and O–H groups in total. The van der Waals surface area contributed by atoms with Crippen molar-refractivity contribution in [3.8, 4) is 0 Å². The van der Waals surface area contributed by atoms with E-state index in [0.717, 1.165) is 0 Å². The van der Waals surface area contributed by atoms with Gasteiger partial charge in [-0.05, 0) is 33.4 Å². The molecule has 0 aromatic heterocycles. The first-order valence-corrected chi connectivity index (χ1v) is 5.78. The zero-order valence-electron chi connectivity index (χ0n) is 7.73. The molecule has 0 amide bonds. The van der Waals surface area contributed by atoms with Crippen LogP contribution in [-0.2, 0) is 0 Å². The smallest absolute Gasteiger partial charge is 0.0237 e. The zero-order chi connectivity index (χ0) is 9.38. The van der Waals surface area contributed by atoms with Crippen LogP contribution in [0.3, 0.4) is 0 Å². The number of fused-ring (bicyclic) bond motifs is 1. The highest BCUT2D eigenvalue weighted by atomic mass is 32.2. The minimum Gasteiger partial charge on any atom is -0.129 e. The lowest BCUT2D eigenvalue weighted by molar-refractivity contribution is 1.61. The lowest BCUT2D eigenvalue weighted by Crippen LogP contribution is -1.93. The third-order valence-corrected chi connectivity index (χ3v) is 3.51. The summed E-state index contributed by atoms with van der Waals surface area (Å²) in [7, 11) is 0. The molecular weight excluding hydrogens is 188 g/mol. The number of benzene rings is 2.